The van der Waals surface area contributed by atoms with Gasteiger partial charge >= 0.3 is 0 Å². The SMILES string of the molecule is N#Cc1c(-c2cccs2)nc2n(c1=O)C(=N)C(C#N)S2. The molecule has 0 amide bonds. The van der Waals surface area contributed by atoms with Crippen molar-refractivity contribution in [1.82, 2.24) is 9.55 Å². The molecule has 1 N–H and O–H groups in total. The number of nitrogens with zero attached hydrogens (tertiary/aromatic N) is 4. The van der Waals surface area contributed by atoms with Crippen LogP contribution in [0.1, 0.15) is 5.56 Å². The molecule has 2 aromatic heterocycles. The Labute approximate surface area is 121 Å². The Hall–Kier alpha value is -2.42. The molecule has 1 unspecified atom stereocenters. The van der Waals surface area contributed by atoms with Crippen molar-refractivity contribution in [3.8, 4) is 22.7 Å². The first-order valence-electron chi connectivity index (χ1n) is 5.43. The minimum atomic E-state index is -0.764. The van der Waals surface area contributed by atoms with Crippen molar-refractivity contribution in [3.63, 3.8) is 0 Å². The maximum absolute atomic E-state index is 12.3. The summed E-state index contributed by atoms with van der Waals surface area (Å²) in [7, 11) is 0. The lowest BCUT2D eigenvalue weighted by Crippen LogP contribution is -2.30. The van der Waals surface area contributed by atoms with Crippen LogP contribution < -0.4 is 5.56 Å². The third kappa shape index (κ3) is 1.67. The van der Waals surface area contributed by atoms with Crippen LogP contribution in [0.3, 0.4) is 0 Å². The number of thioether (sulfide) groups is 1. The van der Waals surface area contributed by atoms with Crippen LogP contribution in [-0.4, -0.2) is 20.6 Å². The van der Waals surface area contributed by atoms with Crippen LogP contribution in [0.4, 0.5) is 0 Å². The van der Waals surface area contributed by atoms with Gasteiger partial charge in [-0.1, -0.05) is 17.8 Å². The standard InChI is InChI=1S/C12H5N5OS2/c13-4-6-9(7-2-1-3-19-7)16-12-17(11(6)18)10(15)8(5-14)20-12/h1-3,8,15H. The van der Waals surface area contributed by atoms with Gasteiger partial charge in [-0.05, 0) is 11.4 Å². The van der Waals surface area contributed by atoms with Crippen LogP contribution in [0.15, 0.2) is 27.5 Å². The highest BCUT2D eigenvalue weighted by molar-refractivity contribution is 8.01. The fraction of sp³-hybridized carbons (Fsp3) is 0.0833. The van der Waals surface area contributed by atoms with Gasteiger partial charge in [-0.3, -0.25) is 10.2 Å². The lowest BCUT2D eigenvalue weighted by atomic mass is 10.2. The normalized spacial score (nSPS) is 16.5. The zero-order valence-corrected chi connectivity index (χ0v) is 11.5. The quantitative estimate of drug-likeness (QED) is 0.806. The topological polar surface area (TPSA) is 106 Å². The van der Waals surface area contributed by atoms with Crippen molar-refractivity contribution < 1.29 is 0 Å². The van der Waals surface area contributed by atoms with Crippen molar-refractivity contribution >= 4 is 28.9 Å². The second kappa shape index (κ2) is 4.60. The first-order valence-corrected chi connectivity index (χ1v) is 7.19. The molecule has 1 atom stereocenters. The first kappa shape index (κ1) is 12.6. The van der Waals surface area contributed by atoms with Crippen molar-refractivity contribution in [2.24, 2.45) is 0 Å². The summed E-state index contributed by atoms with van der Waals surface area (Å²) < 4.78 is 1.04. The van der Waals surface area contributed by atoms with E-state index in [1.807, 2.05) is 17.5 Å². The van der Waals surface area contributed by atoms with E-state index in [9.17, 15) is 10.1 Å². The van der Waals surface area contributed by atoms with Crippen LogP contribution in [0, 0.1) is 28.1 Å². The van der Waals surface area contributed by atoms with Gasteiger partial charge in [0.1, 0.15) is 23.2 Å². The molecule has 0 radical (unpaired) electrons. The van der Waals surface area contributed by atoms with Gasteiger partial charge in [0.05, 0.1) is 10.9 Å². The lowest BCUT2D eigenvalue weighted by molar-refractivity contribution is 0.841. The number of aromatic nitrogens is 2. The Balaban J connectivity index is 2.32. The molecule has 3 rings (SSSR count). The minimum Gasteiger partial charge on any atom is -0.286 e. The van der Waals surface area contributed by atoms with E-state index in [1.165, 1.54) is 11.3 Å². The fourth-order valence-corrected chi connectivity index (χ4v) is 3.48. The molecular formula is C12H5N5OS2. The molecule has 0 saturated heterocycles. The number of fused-ring (bicyclic) bond motifs is 1. The second-order valence-electron chi connectivity index (χ2n) is 3.86. The fourth-order valence-electron chi connectivity index (χ4n) is 1.85. The molecule has 0 bridgehead atoms. The van der Waals surface area contributed by atoms with E-state index in [2.05, 4.69) is 4.98 Å². The zero-order chi connectivity index (χ0) is 14.3. The monoisotopic (exact) mass is 299 g/mol. The summed E-state index contributed by atoms with van der Waals surface area (Å²) in [5, 5.41) is 27.3. The van der Waals surface area contributed by atoms with Crippen molar-refractivity contribution in [3.05, 3.63) is 33.4 Å². The highest BCUT2D eigenvalue weighted by Gasteiger charge is 2.33. The average Bonchev–Trinajstić information content (AvgIpc) is 3.06. The Kier molecular flexibility index (Phi) is 2.90. The molecule has 0 saturated carbocycles. The van der Waals surface area contributed by atoms with Crippen molar-refractivity contribution in [2.75, 3.05) is 0 Å². The number of hydrogen-bond donors (Lipinski definition) is 1. The van der Waals surface area contributed by atoms with Gasteiger partial charge < -0.3 is 0 Å². The smallest absolute Gasteiger partial charge is 0.278 e. The summed E-state index contributed by atoms with van der Waals surface area (Å²) in [4.78, 5) is 17.3. The van der Waals surface area contributed by atoms with Crippen LogP contribution in [0.5, 0.6) is 0 Å². The molecule has 6 nitrogen and oxygen atoms in total. The molecule has 0 aromatic carbocycles. The number of hydrogen-bond acceptors (Lipinski definition) is 7. The van der Waals surface area contributed by atoms with Crippen molar-refractivity contribution in [2.45, 2.75) is 10.4 Å². The van der Waals surface area contributed by atoms with E-state index >= 15 is 0 Å². The van der Waals surface area contributed by atoms with E-state index in [0.29, 0.717) is 5.69 Å². The van der Waals surface area contributed by atoms with Crippen LogP contribution >= 0.6 is 23.1 Å². The highest BCUT2D eigenvalue weighted by atomic mass is 32.2. The highest BCUT2D eigenvalue weighted by Crippen LogP contribution is 2.32. The molecule has 20 heavy (non-hydrogen) atoms. The second-order valence-corrected chi connectivity index (χ2v) is 5.88. The third-order valence-corrected chi connectivity index (χ3v) is 4.67. The molecule has 8 heteroatoms. The summed E-state index contributed by atoms with van der Waals surface area (Å²) in [5.74, 6) is -0.140. The van der Waals surface area contributed by atoms with Gasteiger partial charge in [-0.25, -0.2) is 9.55 Å². The summed E-state index contributed by atoms with van der Waals surface area (Å²) in [6.07, 6.45) is 0. The van der Waals surface area contributed by atoms with Gasteiger partial charge in [-0.15, -0.1) is 11.3 Å². The minimum absolute atomic E-state index is 0.0971. The first-order chi connectivity index (χ1) is 9.67. The van der Waals surface area contributed by atoms with E-state index in [1.54, 1.807) is 12.1 Å². The number of thiophene rings is 1. The molecular weight excluding hydrogens is 294 g/mol. The van der Waals surface area contributed by atoms with E-state index < -0.39 is 10.8 Å². The number of nitriles is 2. The molecule has 1 aliphatic heterocycles. The maximum Gasteiger partial charge on any atom is 0.278 e. The largest absolute Gasteiger partial charge is 0.286 e. The predicted molar refractivity (Wildman–Crippen MR) is 74.9 cm³/mol. The third-order valence-electron chi connectivity index (χ3n) is 2.75. The zero-order valence-electron chi connectivity index (χ0n) is 9.82. The van der Waals surface area contributed by atoms with E-state index in [0.717, 1.165) is 21.2 Å². The molecule has 1 aliphatic rings. The van der Waals surface area contributed by atoms with Gasteiger partial charge in [0.15, 0.2) is 10.4 Å². The van der Waals surface area contributed by atoms with Crippen LogP contribution in [-0.2, 0) is 0 Å². The Morgan fingerprint density at radius 3 is 2.85 bits per heavy atom. The van der Waals surface area contributed by atoms with Crippen LogP contribution in [0.25, 0.3) is 10.6 Å². The maximum atomic E-state index is 12.3. The van der Waals surface area contributed by atoms with E-state index in [-0.39, 0.29) is 16.6 Å². The van der Waals surface area contributed by atoms with E-state index in [4.69, 9.17) is 10.7 Å². The summed E-state index contributed by atoms with van der Waals surface area (Å²) in [5.41, 5.74) is -0.367. The molecule has 0 fully saturated rings. The predicted octanol–water partition coefficient (Wildman–Crippen LogP) is 1.67. The Bertz CT molecular complexity index is 854. The molecule has 0 spiro atoms. The Morgan fingerprint density at radius 1 is 1.45 bits per heavy atom. The summed E-state index contributed by atoms with van der Waals surface area (Å²) in [6, 6.07) is 7.38. The Morgan fingerprint density at radius 2 is 2.25 bits per heavy atom. The van der Waals surface area contributed by atoms with Crippen LogP contribution in [0.2, 0.25) is 0 Å². The molecule has 2 aromatic rings. The lowest BCUT2D eigenvalue weighted by Gasteiger charge is -2.05. The van der Waals surface area contributed by atoms with Crippen molar-refractivity contribution in [1.29, 1.82) is 15.9 Å². The summed E-state index contributed by atoms with van der Waals surface area (Å²) in [6.45, 7) is 0. The van der Waals surface area contributed by atoms with Gasteiger partial charge in [0.25, 0.3) is 5.56 Å². The molecule has 3 heterocycles. The average molecular weight is 299 g/mol. The number of rotatable bonds is 1. The molecule has 0 aliphatic carbocycles. The van der Waals surface area contributed by atoms with Gasteiger partial charge in [0, 0.05) is 0 Å². The van der Waals surface area contributed by atoms with Gasteiger partial charge in [-0.2, -0.15) is 10.5 Å². The number of nitrogens with one attached hydrogen (secondary N) is 1. The van der Waals surface area contributed by atoms with Gasteiger partial charge in [0.2, 0.25) is 0 Å². The molecule has 96 valence electrons. The summed E-state index contributed by atoms with van der Waals surface area (Å²) >= 11 is 2.43.